The molecule has 2 fully saturated rings. The van der Waals surface area contributed by atoms with E-state index in [9.17, 15) is 5.11 Å². The topological polar surface area (TPSA) is 70.3 Å². The number of hydrogen-bond donors (Lipinski definition) is 1. The number of aryl methyl sites for hydroxylation is 1. The van der Waals surface area contributed by atoms with Crippen molar-refractivity contribution in [2.24, 2.45) is 0 Å². The molecule has 0 atom stereocenters. The molecule has 1 saturated heterocycles. The first kappa shape index (κ1) is 15.5. The molecule has 3 heterocycles. The highest BCUT2D eigenvalue weighted by Crippen LogP contribution is 2.32. The summed E-state index contributed by atoms with van der Waals surface area (Å²) in [5.74, 6) is 1.64. The fourth-order valence-electron chi connectivity index (χ4n) is 3.45. The molecule has 1 aliphatic carbocycles. The van der Waals surface area contributed by atoms with Gasteiger partial charge in [0, 0.05) is 38.9 Å². The monoisotopic (exact) mass is 328 g/mol. The van der Waals surface area contributed by atoms with Crippen LogP contribution in [0.25, 0.3) is 5.82 Å². The summed E-state index contributed by atoms with van der Waals surface area (Å²) in [6.07, 6.45) is 4.96. The van der Waals surface area contributed by atoms with Gasteiger partial charge in [0.15, 0.2) is 11.6 Å². The molecule has 128 valence electrons. The van der Waals surface area contributed by atoms with Crippen LogP contribution in [0.15, 0.2) is 24.4 Å². The Labute approximate surface area is 141 Å². The minimum atomic E-state index is -0.425. The van der Waals surface area contributed by atoms with E-state index in [2.05, 4.69) is 25.1 Å². The summed E-state index contributed by atoms with van der Waals surface area (Å²) in [4.78, 5) is 4.62. The largest absolute Gasteiger partial charge is 0.389 e. The van der Waals surface area contributed by atoms with Crippen molar-refractivity contribution in [2.45, 2.75) is 31.8 Å². The third-order valence-electron chi connectivity index (χ3n) is 5.09. The Morgan fingerprint density at radius 3 is 2.29 bits per heavy atom. The second-order valence-electron chi connectivity index (χ2n) is 6.99. The SMILES string of the molecule is Cc1ccn(-c2ccc(N3CCN(CC4(O)CCC4)CC3)nn2)n1. The van der Waals surface area contributed by atoms with E-state index in [0.29, 0.717) is 0 Å². The molecule has 1 aliphatic heterocycles. The first-order valence-electron chi connectivity index (χ1n) is 8.67. The molecule has 0 amide bonds. The van der Waals surface area contributed by atoms with Crippen molar-refractivity contribution in [3.8, 4) is 5.82 Å². The van der Waals surface area contributed by atoms with Crippen LogP contribution in [-0.4, -0.2) is 68.3 Å². The second kappa shape index (κ2) is 6.14. The van der Waals surface area contributed by atoms with Crippen LogP contribution in [0.3, 0.4) is 0 Å². The van der Waals surface area contributed by atoms with Gasteiger partial charge in [-0.1, -0.05) is 0 Å². The van der Waals surface area contributed by atoms with Gasteiger partial charge in [0.05, 0.1) is 11.3 Å². The van der Waals surface area contributed by atoms with E-state index in [1.807, 2.05) is 31.3 Å². The molecule has 2 aliphatic rings. The van der Waals surface area contributed by atoms with Crippen molar-refractivity contribution in [3.05, 3.63) is 30.1 Å². The number of hydrogen-bond acceptors (Lipinski definition) is 6. The minimum absolute atomic E-state index is 0.425. The lowest BCUT2D eigenvalue weighted by molar-refractivity contribution is -0.0594. The van der Waals surface area contributed by atoms with Gasteiger partial charge < -0.3 is 10.0 Å². The number of rotatable bonds is 4. The zero-order chi connectivity index (χ0) is 16.6. The second-order valence-corrected chi connectivity index (χ2v) is 6.99. The first-order valence-corrected chi connectivity index (χ1v) is 8.67. The number of nitrogens with zero attached hydrogens (tertiary/aromatic N) is 6. The number of anilines is 1. The van der Waals surface area contributed by atoms with Gasteiger partial charge in [0.1, 0.15) is 0 Å². The van der Waals surface area contributed by atoms with E-state index >= 15 is 0 Å². The molecule has 24 heavy (non-hydrogen) atoms. The van der Waals surface area contributed by atoms with Crippen molar-refractivity contribution in [1.29, 1.82) is 0 Å². The van der Waals surface area contributed by atoms with Crippen LogP contribution in [-0.2, 0) is 0 Å². The van der Waals surface area contributed by atoms with Crippen molar-refractivity contribution in [1.82, 2.24) is 24.9 Å². The molecule has 2 aromatic rings. The lowest BCUT2D eigenvalue weighted by Gasteiger charge is -2.43. The molecule has 2 aromatic heterocycles. The number of aliphatic hydroxyl groups is 1. The quantitative estimate of drug-likeness (QED) is 0.903. The molecule has 7 nitrogen and oxygen atoms in total. The molecule has 0 spiro atoms. The number of piperazine rings is 1. The van der Waals surface area contributed by atoms with Crippen LogP contribution in [0.2, 0.25) is 0 Å². The van der Waals surface area contributed by atoms with Gasteiger partial charge in [-0.15, -0.1) is 10.2 Å². The molecule has 1 saturated carbocycles. The Kier molecular flexibility index (Phi) is 3.97. The average Bonchev–Trinajstić information content (AvgIpc) is 3.01. The predicted octanol–water partition coefficient (Wildman–Crippen LogP) is 1.01. The van der Waals surface area contributed by atoms with Gasteiger partial charge >= 0.3 is 0 Å². The molecule has 0 aromatic carbocycles. The maximum atomic E-state index is 10.3. The summed E-state index contributed by atoms with van der Waals surface area (Å²) < 4.78 is 1.74. The number of β-amino-alcohol motifs (C(OH)–C–C–N with tert-alkyl or cyclic N) is 1. The summed E-state index contributed by atoms with van der Waals surface area (Å²) in [6.45, 7) is 6.53. The van der Waals surface area contributed by atoms with Crippen molar-refractivity contribution >= 4 is 5.82 Å². The lowest BCUT2D eigenvalue weighted by atomic mass is 9.80. The first-order chi connectivity index (χ1) is 11.6. The minimum Gasteiger partial charge on any atom is -0.389 e. The van der Waals surface area contributed by atoms with Gasteiger partial charge in [-0.05, 0) is 44.4 Å². The zero-order valence-electron chi connectivity index (χ0n) is 14.1. The Hall–Kier alpha value is -1.99. The van der Waals surface area contributed by atoms with E-state index in [1.54, 1.807) is 4.68 Å². The van der Waals surface area contributed by atoms with Crippen LogP contribution >= 0.6 is 0 Å². The van der Waals surface area contributed by atoms with Gasteiger partial charge in [0.2, 0.25) is 0 Å². The smallest absolute Gasteiger partial charge is 0.175 e. The molecular weight excluding hydrogens is 304 g/mol. The van der Waals surface area contributed by atoms with Gasteiger partial charge in [-0.2, -0.15) is 5.10 Å². The summed E-state index contributed by atoms with van der Waals surface area (Å²) in [6, 6.07) is 5.91. The fraction of sp³-hybridized carbons (Fsp3) is 0.588. The molecule has 4 rings (SSSR count). The Bertz CT molecular complexity index is 685. The third-order valence-corrected chi connectivity index (χ3v) is 5.09. The van der Waals surface area contributed by atoms with Crippen LogP contribution in [0, 0.1) is 6.92 Å². The average molecular weight is 328 g/mol. The summed E-state index contributed by atoms with van der Waals surface area (Å²) >= 11 is 0. The van der Waals surface area contributed by atoms with Gasteiger partial charge in [0.25, 0.3) is 0 Å². The van der Waals surface area contributed by atoms with Crippen molar-refractivity contribution in [2.75, 3.05) is 37.6 Å². The van der Waals surface area contributed by atoms with E-state index in [-0.39, 0.29) is 0 Å². The Morgan fingerprint density at radius 1 is 1.04 bits per heavy atom. The van der Waals surface area contributed by atoms with Crippen LogP contribution < -0.4 is 4.90 Å². The van der Waals surface area contributed by atoms with Crippen molar-refractivity contribution < 1.29 is 5.11 Å². The molecule has 0 bridgehead atoms. The van der Waals surface area contributed by atoms with E-state index in [0.717, 1.165) is 69.3 Å². The van der Waals surface area contributed by atoms with Crippen LogP contribution in [0.4, 0.5) is 5.82 Å². The van der Waals surface area contributed by atoms with E-state index in [4.69, 9.17) is 0 Å². The molecule has 0 unspecified atom stereocenters. The van der Waals surface area contributed by atoms with E-state index in [1.165, 1.54) is 0 Å². The maximum absolute atomic E-state index is 10.3. The molecule has 7 heteroatoms. The van der Waals surface area contributed by atoms with Gasteiger partial charge in [-0.3, -0.25) is 4.90 Å². The highest BCUT2D eigenvalue weighted by atomic mass is 16.3. The summed E-state index contributed by atoms with van der Waals surface area (Å²) in [5.41, 5.74) is 0.538. The molecule has 1 N–H and O–H groups in total. The Balaban J connectivity index is 1.35. The fourth-order valence-corrected chi connectivity index (χ4v) is 3.45. The normalized spacial score (nSPS) is 20.8. The Morgan fingerprint density at radius 2 is 1.75 bits per heavy atom. The zero-order valence-corrected chi connectivity index (χ0v) is 14.1. The third kappa shape index (κ3) is 3.14. The van der Waals surface area contributed by atoms with Crippen LogP contribution in [0.1, 0.15) is 25.0 Å². The van der Waals surface area contributed by atoms with Crippen molar-refractivity contribution in [3.63, 3.8) is 0 Å². The van der Waals surface area contributed by atoms with E-state index < -0.39 is 5.60 Å². The lowest BCUT2D eigenvalue weighted by Crippen LogP contribution is -2.54. The highest BCUT2D eigenvalue weighted by Gasteiger charge is 2.36. The van der Waals surface area contributed by atoms with Gasteiger partial charge in [-0.25, -0.2) is 4.68 Å². The summed E-state index contributed by atoms with van der Waals surface area (Å²) in [7, 11) is 0. The standard InChI is InChI=1S/C17H24N6O/c1-14-5-8-23(20-14)16-4-3-15(18-19-16)22-11-9-21(10-12-22)13-17(24)6-2-7-17/h3-5,8,24H,2,6-7,9-13H2,1H3. The molecule has 0 radical (unpaired) electrons. The number of aromatic nitrogens is 4. The summed E-state index contributed by atoms with van der Waals surface area (Å²) in [5, 5.41) is 23.3. The molecular formula is C17H24N6O. The maximum Gasteiger partial charge on any atom is 0.175 e. The van der Waals surface area contributed by atoms with Crippen LogP contribution in [0.5, 0.6) is 0 Å². The predicted molar refractivity (Wildman–Crippen MR) is 91.3 cm³/mol. The highest BCUT2D eigenvalue weighted by molar-refractivity contribution is 5.40.